The van der Waals surface area contributed by atoms with Gasteiger partial charge >= 0.3 is 4.87 Å². The van der Waals surface area contributed by atoms with Gasteiger partial charge in [-0.1, -0.05) is 11.3 Å². The first kappa shape index (κ1) is 9.94. The van der Waals surface area contributed by atoms with Crippen molar-refractivity contribution in [3.63, 3.8) is 0 Å². The summed E-state index contributed by atoms with van der Waals surface area (Å²) in [6, 6.07) is -0.523. The summed E-state index contributed by atoms with van der Waals surface area (Å²) in [6.45, 7) is 1.92. The second-order valence-electron chi connectivity index (χ2n) is 2.68. The summed E-state index contributed by atoms with van der Waals surface area (Å²) >= 11 is 1.07. The molecule has 1 amide bonds. The highest BCUT2D eigenvalue weighted by molar-refractivity contribution is 7.07. The first-order chi connectivity index (χ1) is 6.09. The van der Waals surface area contributed by atoms with Crippen molar-refractivity contribution < 1.29 is 4.79 Å². The summed E-state index contributed by atoms with van der Waals surface area (Å²) in [5.74, 6) is -0.230. The molecule has 1 aromatic heterocycles. The molecule has 0 aliphatic rings. The van der Waals surface area contributed by atoms with Gasteiger partial charge in [-0.3, -0.25) is 9.59 Å². The maximum absolute atomic E-state index is 11.0. The van der Waals surface area contributed by atoms with E-state index in [0.717, 1.165) is 11.3 Å². The molecule has 0 aromatic carbocycles. The van der Waals surface area contributed by atoms with Gasteiger partial charge in [0.15, 0.2) is 0 Å². The van der Waals surface area contributed by atoms with Crippen LogP contribution in [0.2, 0.25) is 0 Å². The number of thiazole rings is 1. The van der Waals surface area contributed by atoms with Crippen molar-refractivity contribution in [1.82, 2.24) is 10.3 Å². The van der Waals surface area contributed by atoms with Crippen molar-refractivity contribution in [3.05, 3.63) is 20.7 Å². The SMILES string of the molecule is CC(N)C(=O)NCc1csc(=O)[nH]1. The van der Waals surface area contributed by atoms with Crippen molar-refractivity contribution in [1.29, 1.82) is 0 Å². The smallest absolute Gasteiger partial charge is 0.304 e. The lowest BCUT2D eigenvalue weighted by Gasteiger charge is -2.05. The standard InChI is InChI=1S/C7H11N3O2S/c1-4(8)6(11)9-2-5-3-13-7(12)10-5/h3-4H,2,8H2,1H3,(H,9,11)(H,10,12). The van der Waals surface area contributed by atoms with Crippen LogP contribution in [0.15, 0.2) is 10.2 Å². The van der Waals surface area contributed by atoms with Crippen molar-refractivity contribution in [2.75, 3.05) is 0 Å². The minimum absolute atomic E-state index is 0.120. The van der Waals surface area contributed by atoms with E-state index in [-0.39, 0.29) is 10.8 Å². The number of aromatic nitrogens is 1. The molecule has 1 rings (SSSR count). The Hall–Kier alpha value is -1.14. The molecule has 0 saturated heterocycles. The second-order valence-corrected chi connectivity index (χ2v) is 3.52. The normalized spacial score (nSPS) is 12.5. The van der Waals surface area contributed by atoms with E-state index in [4.69, 9.17) is 5.73 Å². The fourth-order valence-corrected chi connectivity index (χ4v) is 1.33. The Morgan fingerprint density at radius 3 is 3.00 bits per heavy atom. The number of carbonyl (C=O) groups is 1. The number of nitrogens with two attached hydrogens (primary N) is 1. The molecule has 4 N–H and O–H groups in total. The summed E-state index contributed by atoms with van der Waals surface area (Å²) in [5.41, 5.74) is 6.02. The highest BCUT2D eigenvalue weighted by Crippen LogP contribution is 1.94. The molecule has 13 heavy (non-hydrogen) atoms. The predicted molar refractivity (Wildman–Crippen MR) is 50.4 cm³/mol. The third-order valence-electron chi connectivity index (χ3n) is 1.44. The molecule has 0 aliphatic heterocycles. The van der Waals surface area contributed by atoms with Crippen molar-refractivity contribution in [2.24, 2.45) is 5.73 Å². The van der Waals surface area contributed by atoms with Gasteiger partial charge in [-0.25, -0.2) is 0 Å². The minimum Gasteiger partial charge on any atom is -0.349 e. The summed E-state index contributed by atoms with van der Waals surface area (Å²) < 4.78 is 0. The van der Waals surface area contributed by atoms with Crippen LogP contribution in [0.3, 0.4) is 0 Å². The van der Waals surface area contributed by atoms with E-state index in [2.05, 4.69) is 10.3 Å². The molecule has 0 radical (unpaired) electrons. The Labute approximate surface area is 79.0 Å². The van der Waals surface area contributed by atoms with Crippen LogP contribution in [-0.4, -0.2) is 16.9 Å². The lowest BCUT2D eigenvalue weighted by atomic mass is 10.3. The van der Waals surface area contributed by atoms with E-state index in [9.17, 15) is 9.59 Å². The molecule has 0 spiro atoms. The van der Waals surface area contributed by atoms with Crippen molar-refractivity contribution in [3.8, 4) is 0 Å². The lowest BCUT2D eigenvalue weighted by Crippen LogP contribution is -2.37. The van der Waals surface area contributed by atoms with Gasteiger partial charge in [-0.15, -0.1) is 0 Å². The monoisotopic (exact) mass is 201 g/mol. The molecule has 0 bridgehead atoms. The Balaban J connectivity index is 2.44. The average Bonchev–Trinajstić information content (AvgIpc) is 2.47. The molecule has 1 atom stereocenters. The van der Waals surface area contributed by atoms with Crippen LogP contribution in [-0.2, 0) is 11.3 Å². The van der Waals surface area contributed by atoms with Gasteiger partial charge < -0.3 is 16.0 Å². The second kappa shape index (κ2) is 4.20. The number of hydrogen-bond acceptors (Lipinski definition) is 4. The quantitative estimate of drug-likeness (QED) is 0.610. The van der Waals surface area contributed by atoms with E-state index in [0.29, 0.717) is 12.2 Å². The van der Waals surface area contributed by atoms with Crippen molar-refractivity contribution >= 4 is 17.2 Å². The van der Waals surface area contributed by atoms with Crippen LogP contribution in [0.5, 0.6) is 0 Å². The molecule has 0 saturated carbocycles. The van der Waals surface area contributed by atoms with Gasteiger partial charge in [0.2, 0.25) is 5.91 Å². The van der Waals surface area contributed by atoms with Gasteiger partial charge in [-0.2, -0.15) is 0 Å². The van der Waals surface area contributed by atoms with Crippen LogP contribution < -0.4 is 15.9 Å². The third kappa shape index (κ3) is 3.00. The van der Waals surface area contributed by atoms with E-state index in [1.807, 2.05) is 0 Å². The maximum atomic E-state index is 11.0. The molecular weight excluding hydrogens is 190 g/mol. The molecule has 1 unspecified atom stereocenters. The molecule has 1 aromatic rings. The fourth-order valence-electron chi connectivity index (χ4n) is 0.744. The third-order valence-corrected chi connectivity index (χ3v) is 2.16. The van der Waals surface area contributed by atoms with Crippen LogP contribution in [0.1, 0.15) is 12.6 Å². The zero-order valence-corrected chi connectivity index (χ0v) is 7.98. The molecular formula is C7H11N3O2S. The summed E-state index contributed by atoms with van der Waals surface area (Å²) in [4.78, 5) is 24.2. The van der Waals surface area contributed by atoms with Crippen molar-refractivity contribution in [2.45, 2.75) is 19.5 Å². The molecule has 0 aliphatic carbocycles. The number of rotatable bonds is 3. The zero-order valence-electron chi connectivity index (χ0n) is 7.16. The lowest BCUT2D eigenvalue weighted by molar-refractivity contribution is -0.122. The first-order valence-electron chi connectivity index (χ1n) is 3.79. The molecule has 5 nitrogen and oxygen atoms in total. The van der Waals surface area contributed by atoms with Crippen LogP contribution >= 0.6 is 11.3 Å². The zero-order chi connectivity index (χ0) is 9.84. The summed E-state index contributed by atoms with van der Waals surface area (Å²) in [7, 11) is 0. The van der Waals surface area contributed by atoms with Gasteiger partial charge in [0.1, 0.15) is 0 Å². The van der Waals surface area contributed by atoms with E-state index >= 15 is 0 Å². The van der Waals surface area contributed by atoms with Gasteiger partial charge in [-0.05, 0) is 6.92 Å². The van der Waals surface area contributed by atoms with E-state index in [1.165, 1.54) is 0 Å². The topological polar surface area (TPSA) is 88.0 Å². The number of H-pyrrole nitrogens is 1. The number of nitrogens with one attached hydrogen (secondary N) is 2. The largest absolute Gasteiger partial charge is 0.349 e. The van der Waals surface area contributed by atoms with Crippen LogP contribution in [0.4, 0.5) is 0 Å². The Bertz CT molecular complexity index is 342. The Morgan fingerprint density at radius 2 is 2.54 bits per heavy atom. The summed E-state index contributed by atoms with van der Waals surface area (Å²) in [6.07, 6.45) is 0. The Kier molecular flexibility index (Phi) is 3.21. The van der Waals surface area contributed by atoms with Gasteiger partial charge in [0.25, 0.3) is 0 Å². The number of hydrogen-bond donors (Lipinski definition) is 3. The number of aromatic amines is 1. The molecule has 6 heteroatoms. The van der Waals surface area contributed by atoms with Crippen LogP contribution in [0.25, 0.3) is 0 Å². The van der Waals surface area contributed by atoms with E-state index < -0.39 is 6.04 Å². The van der Waals surface area contributed by atoms with Crippen LogP contribution in [0, 0.1) is 0 Å². The highest BCUT2D eigenvalue weighted by atomic mass is 32.1. The number of amides is 1. The number of carbonyl (C=O) groups excluding carboxylic acids is 1. The van der Waals surface area contributed by atoms with E-state index in [1.54, 1.807) is 12.3 Å². The molecule has 0 fully saturated rings. The molecule has 72 valence electrons. The van der Waals surface area contributed by atoms with Gasteiger partial charge in [0, 0.05) is 11.1 Å². The molecule has 1 heterocycles. The average molecular weight is 201 g/mol. The van der Waals surface area contributed by atoms with Gasteiger partial charge in [0.05, 0.1) is 12.6 Å². The predicted octanol–water partition coefficient (Wildman–Crippen LogP) is -0.600. The Morgan fingerprint density at radius 1 is 1.85 bits per heavy atom. The minimum atomic E-state index is -0.523. The maximum Gasteiger partial charge on any atom is 0.304 e. The fraction of sp³-hybridized carbons (Fsp3) is 0.429. The first-order valence-corrected chi connectivity index (χ1v) is 4.67. The summed E-state index contributed by atoms with van der Waals surface area (Å²) in [5, 5.41) is 4.25. The highest BCUT2D eigenvalue weighted by Gasteiger charge is 2.06.